The molecule has 2 aromatic rings. The lowest BCUT2D eigenvalue weighted by Gasteiger charge is -2.36. The van der Waals surface area contributed by atoms with Crippen molar-refractivity contribution in [3.8, 4) is 11.5 Å². The molecule has 232 valence electrons. The Hall–Kier alpha value is -3.44. The molecule has 1 amide bonds. The van der Waals surface area contributed by atoms with Crippen molar-refractivity contribution in [1.29, 1.82) is 0 Å². The fourth-order valence-corrected chi connectivity index (χ4v) is 4.90. The van der Waals surface area contributed by atoms with E-state index in [0.29, 0.717) is 31.1 Å². The second-order valence-electron chi connectivity index (χ2n) is 9.87. The lowest BCUT2D eigenvalue weighted by molar-refractivity contribution is -0.138. The number of methoxy groups -OCH3 is 3. The van der Waals surface area contributed by atoms with E-state index < -0.39 is 29.5 Å². The molecule has 0 N–H and O–H groups in total. The summed E-state index contributed by atoms with van der Waals surface area (Å²) < 4.78 is 62.3. The monoisotopic (exact) mass is 595 g/mol. The Balaban J connectivity index is 0.00000301. The lowest BCUT2D eigenvalue weighted by Crippen LogP contribution is -2.49. The number of anilines is 1. The highest BCUT2D eigenvalue weighted by molar-refractivity contribution is 6.04. The van der Waals surface area contributed by atoms with E-state index in [4.69, 9.17) is 18.9 Å². The van der Waals surface area contributed by atoms with Gasteiger partial charge in [-0.1, -0.05) is 20.8 Å². The van der Waals surface area contributed by atoms with Gasteiger partial charge >= 0.3 is 12.1 Å². The zero-order chi connectivity index (χ0) is 31.4. The van der Waals surface area contributed by atoms with Crippen LogP contribution in [0.3, 0.4) is 0 Å². The van der Waals surface area contributed by atoms with Crippen molar-refractivity contribution in [1.82, 2.24) is 0 Å². The fraction of sp³-hybridized carbons (Fsp3) is 0.516. The van der Waals surface area contributed by atoms with E-state index in [1.807, 2.05) is 13.8 Å². The van der Waals surface area contributed by atoms with Gasteiger partial charge < -0.3 is 23.8 Å². The van der Waals surface area contributed by atoms with Gasteiger partial charge in [0, 0.05) is 25.7 Å². The van der Waals surface area contributed by atoms with Gasteiger partial charge in [-0.05, 0) is 68.0 Å². The quantitative estimate of drug-likeness (QED) is 0.205. The molecule has 0 aromatic heterocycles. The molecule has 1 aliphatic rings. The van der Waals surface area contributed by atoms with Gasteiger partial charge in [0.05, 0.1) is 43.2 Å². The number of esters is 1. The maximum Gasteiger partial charge on any atom is 0.420 e. The summed E-state index contributed by atoms with van der Waals surface area (Å²) in [5, 5.41) is 0. The van der Waals surface area contributed by atoms with Crippen LogP contribution in [0.15, 0.2) is 36.4 Å². The first kappa shape index (κ1) is 34.8. The van der Waals surface area contributed by atoms with Crippen molar-refractivity contribution in [3.05, 3.63) is 53.1 Å². The highest BCUT2D eigenvalue weighted by Crippen LogP contribution is 2.40. The summed E-state index contributed by atoms with van der Waals surface area (Å²) in [5.74, 6) is -1.43. The summed E-state index contributed by atoms with van der Waals surface area (Å²) in [6.07, 6.45) is -1.33. The second kappa shape index (κ2) is 16.3. The van der Waals surface area contributed by atoms with Gasteiger partial charge in [-0.25, -0.2) is 4.79 Å². The van der Waals surface area contributed by atoms with Gasteiger partial charge in [-0.2, -0.15) is 13.2 Å². The van der Waals surface area contributed by atoms with Crippen molar-refractivity contribution in [2.75, 3.05) is 39.4 Å². The van der Waals surface area contributed by atoms with Gasteiger partial charge in [0.2, 0.25) is 5.91 Å². The maximum absolute atomic E-state index is 13.9. The van der Waals surface area contributed by atoms with Crippen LogP contribution in [0.25, 0.3) is 0 Å². The zero-order valence-electron chi connectivity index (χ0n) is 25.0. The van der Waals surface area contributed by atoms with E-state index in [1.54, 1.807) is 0 Å². The van der Waals surface area contributed by atoms with Crippen molar-refractivity contribution in [2.24, 2.45) is 11.8 Å². The fourth-order valence-electron chi connectivity index (χ4n) is 4.90. The van der Waals surface area contributed by atoms with Crippen LogP contribution in [-0.2, 0) is 25.2 Å². The molecule has 42 heavy (non-hydrogen) atoms. The minimum Gasteiger partial charge on any atom is -0.465 e. The third-order valence-corrected chi connectivity index (χ3v) is 6.99. The smallest absolute Gasteiger partial charge is 0.420 e. The number of amides is 1. The van der Waals surface area contributed by atoms with Crippen LogP contribution in [0.5, 0.6) is 11.5 Å². The first-order valence-corrected chi connectivity index (χ1v) is 13.9. The van der Waals surface area contributed by atoms with E-state index >= 15 is 0 Å². The first-order valence-electron chi connectivity index (χ1n) is 13.9. The molecule has 1 fully saturated rings. The Morgan fingerprint density at radius 3 is 2.12 bits per heavy atom. The molecule has 0 saturated heterocycles. The predicted octanol–water partition coefficient (Wildman–Crippen LogP) is 6.94. The van der Waals surface area contributed by atoms with Crippen LogP contribution >= 0.6 is 0 Å². The number of aldehydes is 1. The maximum atomic E-state index is 13.9. The standard InChI is InChI=1S/C29H34F3NO7.C2H6/c1-18-5-8-20(9-6-18)27(35)33(21(16-37-2)17-38-3)25-11-10-22(14-23(25)28(36)39-4)40-26-12-7-19(15-34)13-24(26)29(30,31)32;1-2/h7,10-15,18,20-21H,5-6,8-9,16-17H2,1-4H3;1-2H3. The molecule has 0 heterocycles. The molecule has 11 heteroatoms. The summed E-state index contributed by atoms with van der Waals surface area (Å²) in [4.78, 5) is 39.4. The third-order valence-electron chi connectivity index (χ3n) is 6.99. The number of carbonyl (C=O) groups is 3. The molecule has 0 spiro atoms. The average Bonchev–Trinajstić information content (AvgIpc) is 2.98. The van der Waals surface area contributed by atoms with E-state index in [1.165, 1.54) is 43.4 Å². The Labute approximate surface area is 245 Å². The summed E-state index contributed by atoms with van der Waals surface area (Å²) in [6.45, 7) is 6.36. The molecule has 0 aliphatic heterocycles. The van der Waals surface area contributed by atoms with Crippen LogP contribution in [0.1, 0.15) is 72.7 Å². The molecule has 0 unspecified atom stereocenters. The first-order chi connectivity index (χ1) is 20.0. The van der Waals surface area contributed by atoms with Gasteiger partial charge in [0.25, 0.3) is 0 Å². The van der Waals surface area contributed by atoms with Gasteiger partial charge in [0.1, 0.15) is 17.8 Å². The number of benzene rings is 2. The highest BCUT2D eigenvalue weighted by atomic mass is 19.4. The summed E-state index contributed by atoms with van der Waals surface area (Å²) in [5.41, 5.74) is -1.19. The number of ether oxygens (including phenoxy) is 4. The summed E-state index contributed by atoms with van der Waals surface area (Å²) in [7, 11) is 4.13. The lowest BCUT2D eigenvalue weighted by atomic mass is 9.82. The van der Waals surface area contributed by atoms with Crippen molar-refractivity contribution < 1.29 is 46.5 Å². The molecule has 3 rings (SSSR count). The molecule has 0 bridgehead atoms. The second-order valence-corrected chi connectivity index (χ2v) is 9.87. The van der Waals surface area contributed by atoms with Crippen LogP contribution in [0.4, 0.5) is 18.9 Å². The van der Waals surface area contributed by atoms with Crippen molar-refractivity contribution in [3.63, 3.8) is 0 Å². The van der Waals surface area contributed by atoms with E-state index in [2.05, 4.69) is 6.92 Å². The normalized spacial score (nSPS) is 16.7. The minimum absolute atomic E-state index is 0.0761. The minimum atomic E-state index is -4.80. The van der Waals surface area contributed by atoms with Gasteiger partial charge in [-0.15, -0.1) is 0 Å². The molecule has 0 atom stereocenters. The van der Waals surface area contributed by atoms with Crippen LogP contribution in [0, 0.1) is 11.8 Å². The van der Waals surface area contributed by atoms with E-state index in [0.717, 1.165) is 26.0 Å². The van der Waals surface area contributed by atoms with E-state index in [9.17, 15) is 27.6 Å². The Kier molecular flexibility index (Phi) is 13.5. The topological polar surface area (TPSA) is 91.4 Å². The number of halogens is 3. The molecular formula is C31H40F3NO7. The Morgan fingerprint density at radius 2 is 1.60 bits per heavy atom. The zero-order valence-corrected chi connectivity index (χ0v) is 25.0. The summed E-state index contributed by atoms with van der Waals surface area (Å²) in [6, 6.07) is 6.36. The molecular weight excluding hydrogens is 555 g/mol. The highest BCUT2D eigenvalue weighted by Gasteiger charge is 2.37. The number of nitrogens with zero attached hydrogens (tertiary/aromatic N) is 1. The van der Waals surface area contributed by atoms with Crippen LogP contribution in [0.2, 0.25) is 0 Å². The molecule has 1 aliphatic carbocycles. The van der Waals surface area contributed by atoms with Crippen molar-refractivity contribution in [2.45, 2.75) is 58.7 Å². The molecule has 8 nitrogen and oxygen atoms in total. The Bertz CT molecular complexity index is 1190. The average molecular weight is 596 g/mol. The largest absolute Gasteiger partial charge is 0.465 e. The Morgan fingerprint density at radius 1 is 0.976 bits per heavy atom. The number of hydrogen-bond acceptors (Lipinski definition) is 7. The van der Waals surface area contributed by atoms with Gasteiger partial charge in [-0.3, -0.25) is 9.59 Å². The summed E-state index contributed by atoms with van der Waals surface area (Å²) >= 11 is 0. The van der Waals surface area contributed by atoms with Crippen molar-refractivity contribution >= 4 is 23.9 Å². The number of rotatable bonds is 11. The predicted molar refractivity (Wildman–Crippen MR) is 152 cm³/mol. The third kappa shape index (κ3) is 8.78. The molecule has 1 saturated carbocycles. The SMILES string of the molecule is CC.COCC(COC)N(C(=O)C1CCC(C)CC1)c1ccc(Oc2ccc(C=O)cc2C(F)(F)F)cc1C(=O)OC. The molecule has 0 radical (unpaired) electrons. The van der Waals surface area contributed by atoms with Gasteiger partial charge in [0.15, 0.2) is 0 Å². The number of hydrogen-bond donors (Lipinski definition) is 0. The number of alkyl halides is 3. The van der Waals surface area contributed by atoms with Crippen LogP contribution < -0.4 is 9.64 Å². The van der Waals surface area contributed by atoms with Crippen LogP contribution in [-0.4, -0.2) is 58.7 Å². The number of carbonyl (C=O) groups excluding carboxylic acids is 3. The molecule has 2 aromatic carbocycles. The van der Waals surface area contributed by atoms with E-state index in [-0.39, 0.29) is 47.6 Å².